The van der Waals surface area contributed by atoms with E-state index in [1.165, 1.54) is 0 Å². The third kappa shape index (κ3) is 2.72. The van der Waals surface area contributed by atoms with Gasteiger partial charge in [0.1, 0.15) is 18.0 Å². The first-order valence-electron chi connectivity index (χ1n) is 6.61. The molecule has 0 amide bonds. The summed E-state index contributed by atoms with van der Waals surface area (Å²) in [6, 6.07) is 0. The maximum absolute atomic E-state index is 5.69. The Kier molecular flexibility index (Phi) is 4.36. The first kappa shape index (κ1) is 13.1. The molecule has 100 valence electrons. The van der Waals surface area contributed by atoms with Crippen LogP contribution in [-0.4, -0.2) is 36.3 Å². The third-order valence-electron chi connectivity index (χ3n) is 3.60. The van der Waals surface area contributed by atoms with Crippen LogP contribution in [0, 0.1) is 12.8 Å². The van der Waals surface area contributed by atoms with Crippen LogP contribution in [0.25, 0.3) is 0 Å². The van der Waals surface area contributed by atoms with Gasteiger partial charge in [-0.25, -0.2) is 9.97 Å². The normalized spacial score (nSPS) is 23.1. The van der Waals surface area contributed by atoms with Crippen LogP contribution >= 0.6 is 0 Å². The number of hydrogen-bond acceptors (Lipinski definition) is 5. The molecule has 2 N–H and O–H groups in total. The Bertz CT molecular complexity index is 397. The van der Waals surface area contributed by atoms with Gasteiger partial charge in [-0.2, -0.15) is 0 Å². The van der Waals surface area contributed by atoms with Crippen LogP contribution in [0.2, 0.25) is 0 Å². The number of hydrogen-bond donors (Lipinski definition) is 2. The number of nitrogens with one attached hydrogen (secondary N) is 2. The standard InChI is InChI=1S/C13H22N4O/c1-4-11-10(5-6-18-11)7-15-13-9(2)12(14-3)16-8-17-13/h8,10-11H,4-7H2,1-3H3,(H2,14,15,16,17). The average molecular weight is 250 g/mol. The van der Waals surface area contributed by atoms with E-state index in [1.807, 2.05) is 14.0 Å². The van der Waals surface area contributed by atoms with Crippen molar-refractivity contribution in [2.75, 3.05) is 30.8 Å². The van der Waals surface area contributed by atoms with Crippen molar-refractivity contribution in [3.8, 4) is 0 Å². The molecule has 0 spiro atoms. The van der Waals surface area contributed by atoms with Gasteiger partial charge in [0.2, 0.25) is 0 Å². The van der Waals surface area contributed by atoms with Crippen LogP contribution < -0.4 is 10.6 Å². The Hall–Kier alpha value is -1.36. The zero-order chi connectivity index (χ0) is 13.0. The molecule has 5 heteroatoms. The molecule has 0 bridgehead atoms. The Morgan fingerprint density at radius 3 is 2.89 bits per heavy atom. The predicted molar refractivity (Wildman–Crippen MR) is 72.9 cm³/mol. The lowest BCUT2D eigenvalue weighted by atomic mass is 10.00. The molecule has 1 aromatic heterocycles. The fourth-order valence-electron chi connectivity index (χ4n) is 2.49. The van der Waals surface area contributed by atoms with E-state index in [-0.39, 0.29) is 0 Å². The highest BCUT2D eigenvalue weighted by molar-refractivity contribution is 5.56. The minimum atomic E-state index is 0.392. The molecule has 18 heavy (non-hydrogen) atoms. The van der Waals surface area contributed by atoms with E-state index in [9.17, 15) is 0 Å². The van der Waals surface area contributed by atoms with E-state index in [2.05, 4.69) is 27.5 Å². The summed E-state index contributed by atoms with van der Waals surface area (Å²) < 4.78 is 5.69. The van der Waals surface area contributed by atoms with Crippen LogP contribution in [0.1, 0.15) is 25.3 Å². The van der Waals surface area contributed by atoms with Crippen molar-refractivity contribution in [2.45, 2.75) is 32.8 Å². The fourth-order valence-corrected chi connectivity index (χ4v) is 2.49. The van der Waals surface area contributed by atoms with Gasteiger partial charge in [-0.05, 0) is 19.8 Å². The lowest BCUT2D eigenvalue weighted by molar-refractivity contribution is 0.0900. The maximum Gasteiger partial charge on any atom is 0.134 e. The molecule has 1 aromatic rings. The zero-order valence-electron chi connectivity index (χ0n) is 11.4. The van der Waals surface area contributed by atoms with Crippen molar-refractivity contribution < 1.29 is 4.74 Å². The first-order valence-corrected chi connectivity index (χ1v) is 6.61. The summed E-state index contributed by atoms with van der Waals surface area (Å²) in [7, 11) is 1.87. The fraction of sp³-hybridized carbons (Fsp3) is 0.692. The number of anilines is 2. The topological polar surface area (TPSA) is 59.1 Å². The number of aromatic nitrogens is 2. The second-order valence-corrected chi connectivity index (χ2v) is 4.69. The van der Waals surface area contributed by atoms with Gasteiger partial charge in [0, 0.05) is 31.7 Å². The number of nitrogens with zero attached hydrogens (tertiary/aromatic N) is 2. The highest BCUT2D eigenvalue weighted by Gasteiger charge is 2.26. The van der Waals surface area contributed by atoms with Crippen molar-refractivity contribution in [2.24, 2.45) is 5.92 Å². The van der Waals surface area contributed by atoms with E-state index in [1.54, 1.807) is 6.33 Å². The lowest BCUT2D eigenvalue weighted by Crippen LogP contribution is -2.23. The zero-order valence-corrected chi connectivity index (χ0v) is 11.4. The van der Waals surface area contributed by atoms with Crippen LogP contribution in [0.3, 0.4) is 0 Å². The van der Waals surface area contributed by atoms with Gasteiger partial charge in [-0.1, -0.05) is 6.92 Å². The Labute approximate surface area is 108 Å². The molecule has 5 nitrogen and oxygen atoms in total. The maximum atomic E-state index is 5.69. The van der Waals surface area contributed by atoms with Crippen LogP contribution in [0.15, 0.2) is 6.33 Å². The molecule has 1 saturated heterocycles. The first-order chi connectivity index (χ1) is 8.76. The Morgan fingerprint density at radius 1 is 1.39 bits per heavy atom. The molecule has 2 rings (SSSR count). The van der Waals surface area contributed by atoms with E-state index in [0.717, 1.165) is 43.2 Å². The predicted octanol–water partition coefficient (Wildman–Crippen LogP) is 2.05. The summed E-state index contributed by atoms with van der Waals surface area (Å²) in [5.74, 6) is 2.38. The Morgan fingerprint density at radius 2 is 2.17 bits per heavy atom. The molecule has 0 aromatic carbocycles. The summed E-state index contributed by atoms with van der Waals surface area (Å²) in [5, 5.41) is 6.49. The molecule has 1 aliphatic heterocycles. The molecule has 2 unspecified atom stereocenters. The van der Waals surface area contributed by atoms with Gasteiger partial charge in [-0.15, -0.1) is 0 Å². The van der Waals surface area contributed by atoms with Gasteiger partial charge in [0.25, 0.3) is 0 Å². The molecule has 2 heterocycles. The number of ether oxygens (including phenoxy) is 1. The van der Waals surface area contributed by atoms with Gasteiger partial charge in [-0.3, -0.25) is 0 Å². The SMILES string of the molecule is CCC1OCCC1CNc1ncnc(NC)c1C. The van der Waals surface area contributed by atoms with E-state index >= 15 is 0 Å². The summed E-state index contributed by atoms with van der Waals surface area (Å²) in [4.78, 5) is 8.48. The molecular formula is C13H22N4O. The van der Waals surface area contributed by atoms with Crippen molar-refractivity contribution in [3.05, 3.63) is 11.9 Å². The second kappa shape index (κ2) is 6.00. The van der Waals surface area contributed by atoms with Gasteiger partial charge < -0.3 is 15.4 Å². The van der Waals surface area contributed by atoms with E-state index in [0.29, 0.717) is 12.0 Å². The third-order valence-corrected chi connectivity index (χ3v) is 3.60. The van der Waals surface area contributed by atoms with Crippen LogP contribution in [-0.2, 0) is 4.74 Å². The minimum absolute atomic E-state index is 0.392. The lowest BCUT2D eigenvalue weighted by Gasteiger charge is -2.18. The van der Waals surface area contributed by atoms with Crippen molar-refractivity contribution in [3.63, 3.8) is 0 Å². The van der Waals surface area contributed by atoms with Crippen molar-refractivity contribution >= 4 is 11.6 Å². The van der Waals surface area contributed by atoms with E-state index in [4.69, 9.17) is 4.74 Å². The average Bonchev–Trinajstić information content (AvgIpc) is 2.85. The van der Waals surface area contributed by atoms with Gasteiger partial charge in [0.05, 0.1) is 6.10 Å². The summed E-state index contributed by atoms with van der Waals surface area (Å²) in [5.41, 5.74) is 1.06. The quantitative estimate of drug-likeness (QED) is 0.837. The highest BCUT2D eigenvalue weighted by atomic mass is 16.5. The van der Waals surface area contributed by atoms with E-state index < -0.39 is 0 Å². The Balaban J connectivity index is 1.98. The summed E-state index contributed by atoms with van der Waals surface area (Å²) >= 11 is 0. The molecular weight excluding hydrogens is 228 g/mol. The van der Waals surface area contributed by atoms with Crippen molar-refractivity contribution in [1.82, 2.24) is 9.97 Å². The molecule has 1 aliphatic rings. The molecule has 2 atom stereocenters. The summed E-state index contributed by atoms with van der Waals surface area (Å²) in [6.07, 6.45) is 4.19. The largest absolute Gasteiger partial charge is 0.378 e. The summed E-state index contributed by atoms with van der Waals surface area (Å²) in [6.45, 7) is 6.00. The minimum Gasteiger partial charge on any atom is -0.378 e. The van der Waals surface area contributed by atoms with Crippen LogP contribution in [0.4, 0.5) is 11.6 Å². The molecule has 0 saturated carbocycles. The second-order valence-electron chi connectivity index (χ2n) is 4.69. The smallest absolute Gasteiger partial charge is 0.134 e. The molecule has 1 fully saturated rings. The highest BCUT2D eigenvalue weighted by Crippen LogP contribution is 2.24. The van der Waals surface area contributed by atoms with Crippen molar-refractivity contribution in [1.29, 1.82) is 0 Å². The monoisotopic (exact) mass is 250 g/mol. The van der Waals surface area contributed by atoms with Gasteiger partial charge >= 0.3 is 0 Å². The molecule has 0 radical (unpaired) electrons. The van der Waals surface area contributed by atoms with Gasteiger partial charge in [0.15, 0.2) is 0 Å². The van der Waals surface area contributed by atoms with Crippen LogP contribution in [0.5, 0.6) is 0 Å². The number of rotatable bonds is 5. The molecule has 0 aliphatic carbocycles.